The van der Waals surface area contributed by atoms with Gasteiger partial charge in [-0.3, -0.25) is 29.3 Å². The molecule has 6 aliphatic rings. The van der Waals surface area contributed by atoms with Gasteiger partial charge in [0.05, 0.1) is 56.6 Å². The van der Waals surface area contributed by atoms with Crippen LogP contribution in [0, 0.1) is 28.6 Å². The summed E-state index contributed by atoms with van der Waals surface area (Å²) in [5.41, 5.74) is 9.16. The predicted molar refractivity (Wildman–Crippen MR) is 224 cm³/mol. The SMILES string of the molecule is CO[C@@H](C)c1ncccc1-c1c2c3cc(ccc3n1C1COC1)-c1coc(n1)[C@@H](N1CC3(COC3)C1)[C@H](NC(=O)C1[C@@H](C)[C@H]1C)C(=O)N1CCC[C@H](N1)C(=O)OCC(C)(C)C2. The zero-order valence-corrected chi connectivity index (χ0v) is 35.9. The molecule has 3 aromatic heterocycles. The van der Waals surface area contributed by atoms with E-state index in [-0.39, 0.29) is 53.7 Å². The molecule has 61 heavy (non-hydrogen) atoms. The van der Waals surface area contributed by atoms with Crippen LogP contribution in [0.5, 0.6) is 0 Å². The van der Waals surface area contributed by atoms with Crippen molar-refractivity contribution in [1.82, 2.24) is 35.2 Å². The zero-order chi connectivity index (χ0) is 42.4. The maximum absolute atomic E-state index is 14.9. The van der Waals surface area contributed by atoms with Gasteiger partial charge in [0.15, 0.2) is 0 Å². The van der Waals surface area contributed by atoms with E-state index in [1.165, 1.54) is 5.01 Å². The van der Waals surface area contributed by atoms with Gasteiger partial charge in [-0.25, -0.2) is 10.4 Å². The number of nitrogens with zero attached hydrogens (tertiary/aromatic N) is 5. The number of esters is 1. The Bertz CT molecular complexity index is 2350. The van der Waals surface area contributed by atoms with Crippen molar-refractivity contribution in [3.05, 3.63) is 59.9 Å². The molecule has 5 fully saturated rings. The number of rotatable bonds is 7. The second-order valence-corrected chi connectivity index (χ2v) is 19.3. The molecule has 5 aliphatic heterocycles. The molecule has 1 spiro atoms. The Hall–Kier alpha value is -4.67. The van der Waals surface area contributed by atoms with E-state index in [4.69, 9.17) is 33.3 Å². The first-order valence-electron chi connectivity index (χ1n) is 21.9. The van der Waals surface area contributed by atoms with E-state index in [2.05, 4.69) is 72.2 Å². The minimum absolute atomic E-state index is 0.00245. The highest BCUT2D eigenvalue weighted by atomic mass is 16.5. The van der Waals surface area contributed by atoms with E-state index < -0.39 is 29.5 Å². The number of hydrogen-bond acceptors (Lipinski definition) is 12. The van der Waals surface area contributed by atoms with Gasteiger partial charge in [-0.2, -0.15) is 0 Å². The summed E-state index contributed by atoms with van der Waals surface area (Å²) in [4.78, 5) is 55.1. The van der Waals surface area contributed by atoms with E-state index in [1.807, 2.05) is 13.0 Å². The first-order valence-corrected chi connectivity index (χ1v) is 21.9. The maximum Gasteiger partial charge on any atom is 0.324 e. The number of carbonyl (C=O) groups excluding carboxylic acids is 3. The summed E-state index contributed by atoms with van der Waals surface area (Å²) in [5.74, 6) is -0.377. The van der Waals surface area contributed by atoms with Crippen molar-refractivity contribution in [3.63, 3.8) is 0 Å². The van der Waals surface area contributed by atoms with E-state index in [1.54, 1.807) is 19.6 Å². The molecule has 7 atom stereocenters. The quantitative estimate of drug-likeness (QED) is 0.240. The zero-order valence-electron chi connectivity index (χ0n) is 35.9. The molecule has 4 aromatic rings. The Kier molecular flexibility index (Phi) is 10.1. The second kappa shape index (κ2) is 15.3. The lowest BCUT2D eigenvalue weighted by Crippen LogP contribution is -2.70. The van der Waals surface area contributed by atoms with Gasteiger partial charge in [-0.15, -0.1) is 0 Å². The Labute approximate surface area is 355 Å². The minimum Gasteiger partial charge on any atom is -0.464 e. The third-order valence-corrected chi connectivity index (χ3v) is 14.3. The van der Waals surface area contributed by atoms with Crippen molar-refractivity contribution < 1.29 is 37.7 Å². The van der Waals surface area contributed by atoms with E-state index >= 15 is 0 Å². The number of methoxy groups -OCH3 is 1. The Balaban J connectivity index is 1.14. The van der Waals surface area contributed by atoms with Crippen LogP contribution in [0.1, 0.15) is 82.8 Å². The van der Waals surface area contributed by atoms with Gasteiger partial charge in [0.2, 0.25) is 11.8 Å². The number of carbonyl (C=O) groups is 3. The van der Waals surface area contributed by atoms with Gasteiger partial charge in [-0.1, -0.05) is 33.8 Å². The first kappa shape index (κ1) is 40.4. The molecule has 10 rings (SSSR count). The number of likely N-dealkylation sites (tertiary alicyclic amines) is 1. The molecule has 6 bridgehead atoms. The fourth-order valence-electron chi connectivity index (χ4n) is 10.3. The summed E-state index contributed by atoms with van der Waals surface area (Å²) in [6.45, 7) is 14.6. The third-order valence-electron chi connectivity index (χ3n) is 14.3. The molecule has 2 N–H and O–H groups in total. The molecule has 1 unspecified atom stereocenters. The maximum atomic E-state index is 14.9. The average Bonchev–Trinajstić information content (AvgIpc) is 3.48. The van der Waals surface area contributed by atoms with Crippen molar-refractivity contribution in [2.75, 3.05) is 59.8 Å². The number of amides is 2. The number of pyridine rings is 1. The number of nitrogens with one attached hydrogen (secondary N) is 2. The van der Waals surface area contributed by atoms with Gasteiger partial charge in [0.1, 0.15) is 30.1 Å². The number of cyclic esters (lactones) is 1. The van der Waals surface area contributed by atoms with Crippen molar-refractivity contribution in [2.45, 2.75) is 84.2 Å². The van der Waals surface area contributed by atoms with Gasteiger partial charge in [0.25, 0.3) is 5.91 Å². The molecular formula is C46H57N7O8. The highest BCUT2D eigenvalue weighted by Gasteiger charge is 2.56. The number of aromatic nitrogens is 3. The minimum atomic E-state index is -1.05. The van der Waals surface area contributed by atoms with Crippen LogP contribution in [0.25, 0.3) is 33.4 Å². The highest BCUT2D eigenvalue weighted by molar-refractivity contribution is 5.95. The summed E-state index contributed by atoms with van der Waals surface area (Å²) in [6, 6.07) is 8.05. The highest BCUT2D eigenvalue weighted by Crippen LogP contribution is 2.48. The van der Waals surface area contributed by atoms with Crippen molar-refractivity contribution >= 4 is 28.7 Å². The molecular weight excluding hydrogens is 779 g/mol. The Morgan fingerprint density at radius 1 is 1.07 bits per heavy atom. The Morgan fingerprint density at radius 3 is 2.54 bits per heavy atom. The van der Waals surface area contributed by atoms with Crippen LogP contribution in [0.2, 0.25) is 0 Å². The normalized spacial score (nSPS) is 29.2. The van der Waals surface area contributed by atoms with Crippen molar-refractivity contribution in [1.29, 1.82) is 0 Å². The summed E-state index contributed by atoms with van der Waals surface area (Å²) >= 11 is 0. The third kappa shape index (κ3) is 7.06. The molecule has 15 nitrogen and oxygen atoms in total. The molecule has 324 valence electrons. The number of hydrogen-bond donors (Lipinski definition) is 2. The summed E-state index contributed by atoms with van der Waals surface area (Å²) in [7, 11) is 1.70. The van der Waals surface area contributed by atoms with Crippen LogP contribution in [0.15, 0.2) is 47.2 Å². The van der Waals surface area contributed by atoms with Crippen LogP contribution in [-0.2, 0) is 39.8 Å². The fraction of sp³-hybridized carbons (Fsp3) is 0.587. The number of fused-ring (bicyclic) bond motifs is 6. The molecule has 15 heteroatoms. The van der Waals surface area contributed by atoms with Crippen LogP contribution in [-0.4, -0.2) is 114 Å². The first-order chi connectivity index (χ1) is 29.3. The van der Waals surface area contributed by atoms with E-state index in [0.717, 1.165) is 39.0 Å². The topological polar surface area (TPSA) is 163 Å². The number of oxazole rings is 1. The molecule has 1 saturated carbocycles. The van der Waals surface area contributed by atoms with Gasteiger partial charge >= 0.3 is 5.97 Å². The number of ether oxygens (including phenoxy) is 4. The van der Waals surface area contributed by atoms with Crippen molar-refractivity contribution in [2.24, 2.45) is 28.6 Å². The van der Waals surface area contributed by atoms with Gasteiger partial charge in [0, 0.05) is 71.7 Å². The molecule has 4 saturated heterocycles. The second-order valence-electron chi connectivity index (χ2n) is 19.3. The van der Waals surface area contributed by atoms with E-state index in [9.17, 15) is 14.4 Å². The summed E-state index contributed by atoms with van der Waals surface area (Å²) in [6.07, 6.45) is 4.85. The molecule has 1 aromatic carbocycles. The monoisotopic (exact) mass is 835 g/mol. The number of hydrazine groups is 1. The Morgan fingerprint density at radius 2 is 1.85 bits per heavy atom. The fourth-order valence-corrected chi connectivity index (χ4v) is 10.3. The largest absolute Gasteiger partial charge is 0.464 e. The van der Waals surface area contributed by atoms with Crippen LogP contribution in [0.3, 0.4) is 0 Å². The van der Waals surface area contributed by atoms with Crippen molar-refractivity contribution in [3.8, 4) is 22.5 Å². The molecule has 8 heterocycles. The van der Waals surface area contributed by atoms with Crippen LogP contribution >= 0.6 is 0 Å². The smallest absolute Gasteiger partial charge is 0.324 e. The summed E-state index contributed by atoms with van der Waals surface area (Å²) in [5, 5.41) is 5.73. The molecule has 2 amide bonds. The molecule has 0 radical (unpaired) electrons. The standard InChI is InChI=1S/C46H57N7O8/c1-25-26(2)36(25)41(54)49-38-40(51-20-46(21-51)23-59-24-46)42-48-34(19-60-42)28-11-12-35-31(15-28)32(16-45(4,5)22-61-44(56)33-10-8-14-52(50-33)43(38)55)39(53(35)29-17-58-18-29)30-9-7-13-47-37(30)27(3)57-6/h7,9,11-13,15,19,25-27,29,33,36,38,40,50H,8,10,14,16-18,20-24H2,1-6H3,(H,49,54)/t25-,26+,27-,33-,36?,38-,40-/m0/s1. The van der Waals surface area contributed by atoms with Crippen LogP contribution < -0.4 is 10.7 Å². The average molecular weight is 836 g/mol. The van der Waals surface area contributed by atoms with Gasteiger partial charge < -0.3 is 33.2 Å². The predicted octanol–water partition coefficient (Wildman–Crippen LogP) is 5.02. The lowest BCUT2D eigenvalue weighted by atomic mass is 9.76. The lowest BCUT2D eigenvalue weighted by Gasteiger charge is -2.57. The number of benzene rings is 1. The van der Waals surface area contributed by atoms with Crippen LogP contribution in [0.4, 0.5) is 0 Å². The lowest BCUT2D eigenvalue weighted by molar-refractivity contribution is -0.204. The van der Waals surface area contributed by atoms with E-state index in [0.29, 0.717) is 76.9 Å². The van der Waals surface area contributed by atoms with Gasteiger partial charge in [-0.05, 0) is 67.9 Å². The molecule has 1 aliphatic carbocycles. The summed E-state index contributed by atoms with van der Waals surface area (Å²) < 4.78 is 32.3.